The molecule has 224 valence electrons. The summed E-state index contributed by atoms with van der Waals surface area (Å²) < 4.78 is 16.4. The van der Waals surface area contributed by atoms with Crippen molar-refractivity contribution < 1.29 is 14.3 Å². The van der Waals surface area contributed by atoms with Gasteiger partial charge in [0.05, 0.1) is 12.2 Å². The van der Waals surface area contributed by atoms with E-state index in [1.807, 2.05) is 12.1 Å². The number of piperidine rings is 1. The molecule has 2 saturated heterocycles. The third kappa shape index (κ3) is 6.32. The summed E-state index contributed by atoms with van der Waals surface area (Å²) in [4.78, 5) is 17.1. The number of aryl methyl sites for hydroxylation is 1. The summed E-state index contributed by atoms with van der Waals surface area (Å²) in [7, 11) is 0. The van der Waals surface area contributed by atoms with Crippen molar-refractivity contribution in [2.75, 3.05) is 32.7 Å². The molecule has 0 unspecified atom stereocenters. The van der Waals surface area contributed by atoms with Crippen molar-refractivity contribution in [3.63, 3.8) is 0 Å². The Morgan fingerprint density at radius 2 is 1.79 bits per heavy atom. The fraction of sp³-hybridized carbons (Fsp3) is 0.543. The summed E-state index contributed by atoms with van der Waals surface area (Å²) in [5, 5.41) is 15.1. The van der Waals surface area contributed by atoms with E-state index in [0.29, 0.717) is 18.4 Å². The second-order valence-electron chi connectivity index (χ2n) is 13.1. The fourth-order valence-corrected chi connectivity index (χ4v) is 7.86. The molecule has 3 fully saturated rings. The Labute approximate surface area is 249 Å². The van der Waals surface area contributed by atoms with E-state index in [0.717, 1.165) is 76.1 Å². The van der Waals surface area contributed by atoms with Crippen LogP contribution >= 0.6 is 0 Å². The van der Waals surface area contributed by atoms with Crippen molar-refractivity contribution >= 4 is 5.97 Å². The number of hydrogen-bond acceptors (Lipinski definition) is 4. The highest BCUT2D eigenvalue weighted by atomic mass is 19.1. The average Bonchev–Trinajstić information content (AvgIpc) is 3.48. The number of likely N-dealkylation sites (tertiary alicyclic amines) is 2. The number of rotatable bonds is 10. The van der Waals surface area contributed by atoms with Gasteiger partial charge >= 0.3 is 5.97 Å². The summed E-state index contributed by atoms with van der Waals surface area (Å²) in [5.74, 6) is 0.531. The van der Waals surface area contributed by atoms with Gasteiger partial charge in [0.2, 0.25) is 0 Å². The Bertz CT molecular complexity index is 1360. The first-order valence-electron chi connectivity index (χ1n) is 15.9. The van der Waals surface area contributed by atoms with Gasteiger partial charge in [0, 0.05) is 31.2 Å². The van der Waals surface area contributed by atoms with E-state index in [9.17, 15) is 14.3 Å². The molecule has 3 atom stereocenters. The van der Waals surface area contributed by atoms with E-state index in [1.165, 1.54) is 29.3 Å². The normalized spacial score (nSPS) is 23.2. The molecule has 6 rings (SSSR count). The van der Waals surface area contributed by atoms with Gasteiger partial charge in [-0.25, -0.2) is 4.39 Å². The highest BCUT2D eigenvalue weighted by Gasteiger charge is 2.41. The molecule has 42 heavy (non-hydrogen) atoms. The van der Waals surface area contributed by atoms with Crippen molar-refractivity contribution in [1.29, 1.82) is 0 Å². The standard InChI is InChI=1S/C35H45FN4O2/c1-24-34(25(2)40(37-24)20-27-8-4-3-5-9-27)28-14-16-38(17-15-28)21-30-22-39(33(35(41)42)18-26-10-6-11-26)23-32(30)29-12-7-13-31(36)19-29/h3-5,7-9,12-13,19,26,28,30,32-33H,6,10-11,14-18,20-23H2,1-2H3,(H,41,42)/t30-,32+,33+/m0/s1. The first kappa shape index (κ1) is 29.1. The van der Waals surface area contributed by atoms with Gasteiger partial charge in [0.15, 0.2) is 0 Å². The third-order valence-corrected chi connectivity index (χ3v) is 10.4. The van der Waals surface area contributed by atoms with Crippen molar-refractivity contribution in [3.8, 4) is 0 Å². The lowest BCUT2D eigenvalue weighted by molar-refractivity contribution is -0.144. The Morgan fingerprint density at radius 3 is 2.45 bits per heavy atom. The molecule has 2 aromatic carbocycles. The van der Waals surface area contributed by atoms with Crippen LogP contribution in [-0.2, 0) is 11.3 Å². The van der Waals surface area contributed by atoms with E-state index in [-0.39, 0.29) is 17.7 Å². The minimum atomic E-state index is -0.708. The number of benzene rings is 2. The lowest BCUT2D eigenvalue weighted by Crippen LogP contribution is -2.43. The first-order valence-corrected chi connectivity index (χ1v) is 15.9. The molecule has 7 heteroatoms. The van der Waals surface area contributed by atoms with Gasteiger partial charge in [-0.3, -0.25) is 14.4 Å². The highest BCUT2D eigenvalue weighted by molar-refractivity contribution is 5.73. The number of carbonyl (C=O) groups is 1. The monoisotopic (exact) mass is 572 g/mol. The number of aliphatic carboxylic acids is 1. The van der Waals surface area contributed by atoms with E-state index in [2.05, 4.69) is 52.6 Å². The summed E-state index contributed by atoms with van der Waals surface area (Å²) >= 11 is 0. The number of hydrogen-bond donors (Lipinski definition) is 1. The molecular weight excluding hydrogens is 527 g/mol. The van der Waals surface area contributed by atoms with Crippen molar-refractivity contribution in [2.45, 2.75) is 76.8 Å². The number of nitrogens with zero attached hydrogens (tertiary/aromatic N) is 4. The van der Waals surface area contributed by atoms with E-state index >= 15 is 0 Å². The van der Waals surface area contributed by atoms with Crippen molar-refractivity contribution in [3.05, 3.63) is 88.5 Å². The quantitative estimate of drug-likeness (QED) is 0.312. The van der Waals surface area contributed by atoms with Gasteiger partial charge < -0.3 is 10.0 Å². The summed E-state index contributed by atoms with van der Waals surface area (Å²) in [6, 6.07) is 17.1. The van der Waals surface area contributed by atoms with Crippen LogP contribution in [0.25, 0.3) is 0 Å². The van der Waals surface area contributed by atoms with E-state index in [1.54, 1.807) is 12.1 Å². The lowest BCUT2D eigenvalue weighted by Gasteiger charge is -2.35. The lowest BCUT2D eigenvalue weighted by atomic mass is 9.80. The summed E-state index contributed by atoms with van der Waals surface area (Å²) in [5.41, 5.74) is 6.10. The molecule has 2 aliphatic heterocycles. The Kier molecular flexibility index (Phi) is 8.77. The fourth-order valence-electron chi connectivity index (χ4n) is 7.86. The minimum absolute atomic E-state index is 0.141. The van der Waals surface area contributed by atoms with Crippen LogP contribution in [0.2, 0.25) is 0 Å². The van der Waals surface area contributed by atoms with Gasteiger partial charge in [0.25, 0.3) is 0 Å². The maximum atomic E-state index is 14.3. The number of carboxylic acids is 1. The van der Waals surface area contributed by atoms with Crippen LogP contribution in [0.4, 0.5) is 4.39 Å². The molecule has 3 aromatic rings. The molecule has 3 aliphatic rings. The van der Waals surface area contributed by atoms with Gasteiger partial charge in [-0.05, 0) is 92.8 Å². The number of halogens is 1. The molecule has 1 saturated carbocycles. The van der Waals surface area contributed by atoms with Crippen molar-refractivity contribution in [1.82, 2.24) is 19.6 Å². The predicted octanol–water partition coefficient (Wildman–Crippen LogP) is 6.23. The molecule has 1 N–H and O–H groups in total. The molecule has 0 radical (unpaired) electrons. The average molecular weight is 573 g/mol. The number of aromatic nitrogens is 2. The maximum absolute atomic E-state index is 14.3. The molecule has 0 amide bonds. The van der Waals surface area contributed by atoms with Crippen LogP contribution in [0.15, 0.2) is 54.6 Å². The van der Waals surface area contributed by atoms with Crippen LogP contribution in [0.5, 0.6) is 0 Å². The van der Waals surface area contributed by atoms with E-state index < -0.39 is 12.0 Å². The molecule has 0 bridgehead atoms. The van der Waals surface area contributed by atoms with Crippen LogP contribution in [0.3, 0.4) is 0 Å². The zero-order chi connectivity index (χ0) is 29.2. The topological polar surface area (TPSA) is 61.6 Å². The number of carboxylic acid groups (broad SMARTS) is 1. The van der Waals surface area contributed by atoms with Gasteiger partial charge in [-0.1, -0.05) is 61.7 Å². The van der Waals surface area contributed by atoms with Gasteiger partial charge in [0.1, 0.15) is 11.9 Å². The van der Waals surface area contributed by atoms with Gasteiger partial charge in [-0.15, -0.1) is 0 Å². The maximum Gasteiger partial charge on any atom is 0.320 e. The van der Waals surface area contributed by atoms with Gasteiger partial charge in [-0.2, -0.15) is 5.10 Å². The highest BCUT2D eigenvalue weighted by Crippen LogP contribution is 2.39. The van der Waals surface area contributed by atoms with Crippen LogP contribution in [0.1, 0.15) is 78.4 Å². The molecule has 3 heterocycles. The molecular formula is C35H45FN4O2. The van der Waals surface area contributed by atoms with Crippen molar-refractivity contribution in [2.24, 2.45) is 11.8 Å². The van der Waals surface area contributed by atoms with Crippen LogP contribution < -0.4 is 0 Å². The zero-order valence-corrected chi connectivity index (χ0v) is 25.1. The Morgan fingerprint density at radius 1 is 1.02 bits per heavy atom. The molecule has 6 nitrogen and oxygen atoms in total. The SMILES string of the molecule is Cc1nn(Cc2ccccc2)c(C)c1C1CCN(C[C@H]2CN([C@H](CC3CCC3)C(=O)O)C[C@@H]2c2cccc(F)c2)CC1. The molecule has 0 spiro atoms. The van der Waals surface area contributed by atoms with E-state index in [4.69, 9.17) is 5.10 Å². The summed E-state index contributed by atoms with van der Waals surface area (Å²) in [6.07, 6.45) is 6.44. The second kappa shape index (κ2) is 12.7. The van der Waals surface area contributed by atoms with Crippen LogP contribution in [-0.4, -0.2) is 69.4 Å². The smallest absolute Gasteiger partial charge is 0.320 e. The summed E-state index contributed by atoms with van der Waals surface area (Å²) in [6.45, 7) is 9.56. The second-order valence-corrected chi connectivity index (χ2v) is 13.1. The Hall–Kier alpha value is -3.03. The van der Waals surface area contributed by atoms with Crippen LogP contribution in [0, 0.1) is 31.5 Å². The first-order chi connectivity index (χ1) is 20.4. The largest absolute Gasteiger partial charge is 0.480 e. The third-order valence-electron chi connectivity index (χ3n) is 10.4. The zero-order valence-electron chi connectivity index (χ0n) is 25.1. The predicted molar refractivity (Wildman–Crippen MR) is 163 cm³/mol. The minimum Gasteiger partial charge on any atom is -0.480 e. The Balaban J connectivity index is 1.13. The molecule has 1 aromatic heterocycles. The molecule has 1 aliphatic carbocycles.